The number of halogens is 1. The van der Waals surface area contributed by atoms with Crippen molar-refractivity contribution in [3.8, 4) is 0 Å². The highest BCUT2D eigenvalue weighted by Crippen LogP contribution is 2.29. The zero-order chi connectivity index (χ0) is 11.5. The van der Waals surface area contributed by atoms with E-state index in [9.17, 15) is 5.11 Å². The third-order valence-corrected chi connectivity index (χ3v) is 3.75. The van der Waals surface area contributed by atoms with Gasteiger partial charge < -0.3 is 10.8 Å². The molecule has 0 bridgehead atoms. The topological polar surface area (TPSA) is 47.9 Å². The summed E-state index contributed by atoms with van der Waals surface area (Å²) in [6.07, 6.45) is -0.575. The fourth-order valence-corrected chi connectivity index (χ4v) is 2.68. The first-order valence-electron chi connectivity index (χ1n) is 5.01. The summed E-state index contributed by atoms with van der Waals surface area (Å²) >= 11 is 7.37. The third-order valence-electron chi connectivity index (χ3n) is 2.48. The van der Waals surface area contributed by atoms with Crippen LogP contribution >= 0.6 is 22.9 Å². The van der Waals surface area contributed by atoms with Crippen LogP contribution in [0.25, 0.3) is 0 Å². The molecule has 0 amide bonds. The van der Waals surface area contributed by atoms with E-state index in [2.05, 4.69) is 5.73 Å². The Morgan fingerprint density at radius 1 is 1.25 bits per heavy atom. The first-order chi connectivity index (χ1) is 7.72. The van der Waals surface area contributed by atoms with E-state index in [1.165, 1.54) is 0 Å². The van der Waals surface area contributed by atoms with Gasteiger partial charge in [-0.05, 0) is 29.1 Å². The summed E-state index contributed by atoms with van der Waals surface area (Å²) in [6, 6.07) is 9.28. The van der Waals surface area contributed by atoms with E-state index in [1.54, 1.807) is 23.5 Å². The van der Waals surface area contributed by atoms with Crippen LogP contribution in [0.2, 0.25) is 5.02 Å². The van der Waals surface area contributed by atoms with Gasteiger partial charge in [-0.3, -0.25) is 0 Å². The Labute approximate surface area is 103 Å². The molecule has 2 nitrogen and oxygen atoms in total. The second-order valence-electron chi connectivity index (χ2n) is 3.51. The molecule has 0 aliphatic carbocycles. The molecule has 1 aromatic heterocycles. The van der Waals surface area contributed by atoms with Gasteiger partial charge in [0.15, 0.2) is 0 Å². The van der Waals surface area contributed by atoms with Crippen molar-refractivity contribution in [2.45, 2.75) is 12.6 Å². The number of quaternary nitrogens is 1. The fourth-order valence-electron chi connectivity index (χ4n) is 1.59. The highest BCUT2D eigenvalue weighted by Gasteiger charge is 2.15. The Morgan fingerprint density at radius 2 is 1.94 bits per heavy atom. The second kappa shape index (κ2) is 4.97. The molecule has 0 saturated carbocycles. The van der Waals surface area contributed by atoms with Gasteiger partial charge in [0.2, 0.25) is 0 Å². The van der Waals surface area contributed by atoms with Gasteiger partial charge >= 0.3 is 0 Å². The van der Waals surface area contributed by atoms with Crippen LogP contribution in [0.3, 0.4) is 0 Å². The van der Waals surface area contributed by atoms with Gasteiger partial charge in [-0.2, -0.15) is 0 Å². The number of rotatable bonds is 3. The predicted molar refractivity (Wildman–Crippen MR) is 66.4 cm³/mol. The van der Waals surface area contributed by atoms with Crippen molar-refractivity contribution in [3.05, 3.63) is 56.7 Å². The van der Waals surface area contributed by atoms with Gasteiger partial charge in [-0.25, -0.2) is 0 Å². The molecule has 1 heterocycles. The van der Waals surface area contributed by atoms with Gasteiger partial charge in [0, 0.05) is 15.5 Å². The summed E-state index contributed by atoms with van der Waals surface area (Å²) in [6.45, 7) is 0.698. The van der Waals surface area contributed by atoms with Gasteiger partial charge in [0.1, 0.15) is 12.6 Å². The molecule has 0 fully saturated rings. The lowest BCUT2D eigenvalue weighted by Crippen LogP contribution is -2.47. The minimum atomic E-state index is -0.575. The van der Waals surface area contributed by atoms with E-state index in [4.69, 9.17) is 11.6 Å². The molecule has 0 radical (unpaired) electrons. The third kappa shape index (κ3) is 2.28. The molecule has 0 aliphatic rings. The summed E-state index contributed by atoms with van der Waals surface area (Å²) in [5.41, 5.74) is 5.82. The predicted octanol–water partition coefficient (Wildman–Crippen LogP) is 2.23. The summed E-state index contributed by atoms with van der Waals surface area (Å²) in [5.74, 6) is 0. The molecule has 2 rings (SSSR count). The Balaban J connectivity index is 2.31. The lowest BCUT2D eigenvalue weighted by Gasteiger charge is -2.10. The fraction of sp³-hybridized carbons (Fsp3) is 0.167. The van der Waals surface area contributed by atoms with E-state index in [0.717, 1.165) is 16.0 Å². The number of aliphatic hydroxyl groups is 1. The van der Waals surface area contributed by atoms with Crippen LogP contribution in [0.4, 0.5) is 0 Å². The van der Waals surface area contributed by atoms with Crippen molar-refractivity contribution in [1.29, 1.82) is 0 Å². The molecular weight excluding hydrogens is 242 g/mol. The largest absolute Gasteiger partial charge is 0.383 e. The number of aliphatic hydroxyl groups excluding tert-OH is 1. The van der Waals surface area contributed by atoms with Gasteiger partial charge in [0.05, 0.1) is 0 Å². The SMILES string of the molecule is [NH3+]Cc1ccsc1[C@H](O)c1ccc(Cl)cc1. The second-order valence-corrected chi connectivity index (χ2v) is 4.90. The lowest BCUT2D eigenvalue weighted by atomic mass is 10.1. The average molecular weight is 255 g/mol. The quantitative estimate of drug-likeness (QED) is 0.867. The van der Waals surface area contributed by atoms with E-state index in [1.807, 2.05) is 23.6 Å². The number of thiophene rings is 1. The normalized spacial score (nSPS) is 12.7. The summed E-state index contributed by atoms with van der Waals surface area (Å²) in [7, 11) is 0. The zero-order valence-electron chi connectivity index (χ0n) is 8.69. The van der Waals surface area contributed by atoms with E-state index < -0.39 is 6.10 Å². The molecule has 2 aromatic rings. The molecule has 16 heavy (non-hydrogen) atoms. The van der Waals surface area contributed by atoms with Crippen molar-refractivity contribution in [1.82, 2.24) is 0 Å². The van der Waals surface area contributed by atoms with Crippen molar-refractivity contribution in [2.75, 3.05) is 0 Å². The van der Waals surface area contributed by atoms with Crippen LogP contribution in [0.15, 0.2) is 35.7 Å². The molecule has 0 spiro atoms. The molecule has 0 unspecified atom stereocenters. The number of hydrogen-bond donors (Lipinski definition) is 2. The molecular formula is C12H13ClNOS+. The summed E-state index contributed by atoms with van der Waals surface area (Å²) in [5, 5.41) is 12.9. The Hall–Kier alpha value is -0.870. The highest BCUT2D eigenvalue weighted by atomic mass is 35.5. The minimum absolute atomic E-state index is 0.575. The first kappa shape index (κ1) is 11.6. The average Bonchev–Trinajstić information content (AvgIpc) is 2.77. The molecule has 0 aliphatic heterocycles. The number of hydrogen-bond acceptors (Lipinski definition) is 2. The molecule has 0 saturated heterocycles. The van der Waals surface area contributed by atoms with Crippen LogP contribution in [-0.4, -0.2) is 5.11 Å². The first-order valence-corrected chi connectivity index (χ1v) is 6.27. The monoisotopic (exact) mass is 254 g/mol. The van der Waals surface area contributed by atoms with E-state index >= 15 is 0 Å². The van der Waals surface area contributed by atoms with E-state index in [-0.39, 0.29) is 0 Å². The van der Waals surface area contributed by atoms with E-state index in [0.29, 0.717) is 11.6 Å². The van der Waals surface area contributed by atoms with Crippen LogP contribution in [-0.2, 0) is 6.54 Å². The number of benzene rings is 1. The van der Waals surface area contributed by atoms with Crippen molar-refractivity contribution in [2.24, 2.45) is 0 Å². The molecule has 1 atom stereocenters. The van der Waals surface area contributed by atoms with Crippen molar-refractivity contribution >= 4 is 22.9 Å². The molecule has 4 N–H and O–H groups in total. The minimum Gasteiger partial charge on any atom is -0.383 e. The zero-order valence-corrected chi connectivity index (χ0v) is 10.3. The maximum absolute atomic E-state index is 10.2. The molecule has 4 heteroatoms. The van der Waals surface area contributed by atoms with Crippen molar-refractivity contribution < 1.29 is 10.8 Å². The van der Waals surface area contributed by atoms with Crippen LogP contribution in [0.1, 0.15) is 22.1 Å². The maximum Gasteiger partial charge on any atom is 0.114 e. The van der Waals surface area contributed by atoms with Gasteiger partial charge in [0.25, 0.3) is 0 Å². The van der Waals surface area contributed by atoms with Gasteiger partial charge in [-0.1, -0.05) is 23.7 Å². The van der Waals surface area contributed by atoms with Crippen LogP contribution in [0.5, 0.6) is 0 Å². The Morgan fingerprint density at radius 3 is 2.56 bits per heavy atom. The summed E-state index contributed by atoms with van der Waals surface area (Å²) < 4.78 is 0. The van der Waals surface area contributed by atoms with Crippen LogP contribution in [0, 0.1) is 0 Å². The van der Waals surface area contributed by atoms with Gasteiger partial charge in [-0.15, -0.1) is 11.3 Å². The maximum atomic E-state index is 10.2. The Bertz CT molecular complexity index is 466. The Kier molecular flexibility index (Phi) is 3.61. The van der Waals surface area contributed by atoms with Crippen LogP contribution < -0.4 is 5.73 Å². The smallest absolute Gasteiger partial charge is 0.114 e. The summed E-state index contributed by atoms with van der Waals surface area (Å²) in [4.78, 5) is 0.970. The molecule has 1 aromatic carbocycles. The lowest BCUT2D eigenvalue weighted by molar-refractivity contribution is -0.386. The standard InChI is InChI=1S/C12H12ClNOS/c13-10-3-1-8(2-4-10)11(15)12-9(7-14)5-6-16-12/h1-6,11,15H,7,14H2/p+1/t11-/m1/s1. The highest BCUT2D eigenvalue weighted by molar-refractivity contribution is 7.10. The van der Waals surface area contributed by atoms with Crippen molar-refractivity contribution in [3.63, 3.8) is 0 Å². The molecule has 84 valence electrons.